The molecule has 14 nitrogen and oxygen atoms in total. The first-order valence-corrected chi connectivity index (χ1v) is 18.7. The number of amides is 3. The van der Waals surface area contributed by atoms with E-state index in [4.69, 9.17) is 4.74 Å². The molecule has 5 heterocycles. The molecule has 6 rings (SSSR count). The van der Waals surface area contributed by atoms with Gasteiger partial charge in [0, 0.05) is 36.2 Å². The average Bonchev–Trinajstić information content (AvgIpc) is 3.38. The highest BCUT2D eigenvalue weighted by atomic mass is 32.2. The van der Waals surface area contributed by atoms with Gasteiger partial charge in [0.05, 0.1) is 17.8 Å². The Morgan fingerprint density at radius 1 is 1.16 bits per heavy atom. The van der Waals surface area contributed by atoms with Crippen LogP contribution in [0.25, 0.3) is 11.1 Å². The van der Waals surface area contributed by atoms with Gasteiger partial charge < -0.3 is 25.4 Å². The SMILES string of the molecule is CC(C)(C)OC(=O)N[C@H]1CCCCC/C=C\[C@H]2C[C@@]2(C(=O)O)NC(=O)[C@@H]2C[C@@H](n3ncc(Sc4ncccn4)c(-c4ccsc4)c3=O)CN2C1=O. The minimum absolute atomic E-state index is 0.00277. The number of aromatic nitrogens is 4. The van der Waals surface area contributed by atoms with Crippen LogP contribution in [-0.4, -0.2) is 83.4 Å². The predicted molar refractivity (Wildman–Crippen MR) is 189 cm³/mol. The van der Waals surface area contributed by atoms with E-state index in [1.807, 2.05) is 29.0 Å². The van der Waals surface area contributed by atoms with Gasteiger partial charge in [0.25, 0.3) is 5.56 Å². The molecule has 2 fully saturated rings. The fraction of sp³-hybridized carbons (Fsp3) is 0.486. The molecule has 1 saturated heterocycles. The van der Waals surface area contributed by atoms with Crippen LogP contribution in [0, 0.1) is 5.92 Å². The third-order valence-corrected chi connectivity index (χ3v) is 10.8. The number of hydrogen-bond acceptors (Lipinski definition) is 11. The average molecular weight is 736 g/mol. The number of aliphatic carboxylic acids is 1. The van der Waals surface area contributed by atoms with E-state index in [1.54, 1.807) is 45.4 Å². The molecule has 1 aliphatic carbocycles. The van der Waals surface area contributed by atoms with Gasteiger partial charge in [-0.3, -0.25) is 14.4 Å². The van der Waals surface area contributed by atoms with Gasteiger partial charge in [-0.05, 0) is 86.7 Å². The number of carboxylic acid groups (broad SMARTS) is 1. The Labute approximate surface area is 303 Å². The van der Waals surface area contributed by atoms with Crippen molar-refractivity contribution in [3.05, 3.63) is 64.0 Å². The summed E-state index contributed by atoms with van der Waals surface area (Å²) >= 11 is 2.63. The standard InChI is InChI=1S/C35H41N7O7S2/c1-34(2,3)49-33(48)39-24-11-8-6-4-5-7-10-22-17-35(22,31(46)47)40-28(43)25-16-23(19-41(25)29(24)44)42-30(45)27(21-12-15-50-20-21)26(18-38-42)51-32-36-13-9-14-37-32/h7,9-10,12-15,18,20,22-25H,4-6,8,11,16-17,19H2,1-3H3,(H,39,48)(H,40,43)(H,46,47)/b10-7-/t22-,23+,24-,25-,35+/m0/s1. The van der Waals surface area contributed by atoms with Crippen LogP contribution in [0.5, 0.6) is 0 Å². The minimum atomic E-state index is -1.49. The largest absolute Gasteiger partial charge is 0.479 e. The van der Waals surface area contributed by atoms with Gasteiger partial charge in [0.15, 0.2) is 5.16 Å². The van der Waals surface area contributed by atoms with E-state index in [0.717, 1.165) is 19.3 Å². The lowest BCUT2D eigenvalue weighted by Crippen LogP contribution is -2.56. The van der Waals surface area contributed by atoms with Crippen molar-refractivity contribution < 1.29 is 29.0 Å². The van der Waals surface area contributed by atoms with Gasteiger partial charge in [-0.25, -0.2) is 24.2 Å². The summed E-state index contributed by atoms with van der Waals surface area (Å²) in [6, 6.07) is 0.629. The zero-order chi connectivity index (χ0) is 36.3. The van der Waals surface area contributed by atoms with Crippen LogP contribution in [0.4, 0.5) is 4.79 Å². The molecule has 51 heavy (non-hydrogen) atoms. The van der Waals surface area contributed by atoms with Crippen molar-refractivity contribution in [2.45, 2.75) is 105 Å². The Balaban J connectivity index is 1.36. The summed E-state index contributed by atoms with van der Waals surface area (Å²) in [5.74, 6) is -2.70. The lowest BCUT2D eigenvalue weighted by atomic mass is 10.0. The van der Waals surface area contributed by atoms with Gasteiger partial charge >= 0.3 is 12.1 Å². The van der Waals surface area contributed by atoms with Gasteiger partial charge in [-0.15, -0.1) is 0 Å². The Kier molecular flexibility index (Phi) is 10.6. The zero-order valence-corrected chi connectivity index (χ0v) is 30.2. The van der Waals surface area contributed by atoms with Gasteiger partial charge in [0.2, 0.25) is 11.8 Å². The number of rotatable bonds is 6. The number of allylic oxidation sites excluding steroid dienone is 1. The molecule has 3 amide bonds. The highest BCUT2D eigenvalue weighted by Gasteiger charge is 2.61. The fourth-order valence-corrected chi connectivity index (χ4v) is 8.08. The molecule has 3 aromatic heterocycles. The smallest absolute Gasteiger partial charge is 0.408 e. The summed E-state index contributed by atoms with van der Waals surface area (Å²) in [5.41, 5.74) is -1.66. The summed E-state index contributed by atoms with van der Waals surface area (Å²) in [6.45, 7) is 5.09. The Morgan fingerprint density at radius 3 is 2.65 bits per heavy atom. The highest BCUT2D eigenvalue weighted by Crippen LogP contribution is 2.45. The van der Waals surface area contributed by atoms with Crippen LogP contribution in [0.2, 0.25) is 0 Å². The summed E-state index contributed by atoms with van der Waals surface area (Å²) in [7, 11) is 0. The van der Waals surface area contributed by atoms with Crippen molar-refractivity contribution >= 4 is 47.0 Å². The number of ether oxygens (including phenoxy) is 1. The maximum Gasteiger partial charge on any atom is 0.408 e. The summed E-state index contributed by atoms with van der Waals surface area (Å²) in [6.07, 6.45) is 11.2. The van der Waals surface area contributed by atoms with Crippen molar-refractivity contribution in [2.24, 2.45) is 5.92 Å². The van der Waals surface area contributed by atoms with Crippen LogP contribution in [-0.2, 0) is 19.1 Å². The number of hydrogen-bond donors (Lipinski definition) is 3. The third kappa shape index (κ3) is 8.17. The second-order valence-electron chi connectivity index (χ2n) is 14.0. The monoisotopic (exact) mass is 735 g/mol. The molecule has 270 valence electrons. The fourth-order valence-electron chi connectivity index (χ4n) is 6.60. The van der Waals surface area contributed by atoms with Crippen molar-refractivity contribution in [2.75, 3.05) is 6.54 Å². The van der Waals surface area contributed by atoms with Gasteiger partial charge in [-0.1, -0.05) is 25.0 Å². The van der Waals surface area contributed by atoms with E-state index in [-0.39, 0.29) is 25.3 Å². The van der Waals surface area contributed by atoms with Crippen LogP contribution in [0.3, 0.4) is 0 Å². The first-order valence-electron chi connectivity index (χ1n) is 17.0. The second-order valence-corrected chi connectivity index (χ2v) is 15.8. The van der Waals surface area contributed by atoms with Crippen molar-refractivity contribution in [3.8, 4) is 11.1 Å². The molecule has 0 radical (unpaired) electrons. The van der Waals surface area contributed by atoms with E-state index < -0.39 is 58.7 Å². The van der Waals surface area contributed by atoms with Crippen molar-refractivity contribution in [3.63, 3.8) is 0 Å². The first kappa shape index (κ1) is 36.2. The Bertz CT molecular complexity index is 1860. The molecule has 1 saturated carbocycles. The first-order chi connectivity index (χ1) is 24.4. The molecule has 3 N–H and O–H groups in total. The van der Waals surface area contributed by atoms with E-state index in [9.17, 15) is 29.1 Å². The maximum atomic E-state index is 14.4. The summed E-state index contributed by atoms with van der Waals surface area (Å²) in [5, 5.41) is 24.3. The van der Waals surface area contributed by atoms with Crippen LogP contribution >= 0.6 is 23.1 Å². The lowest BCUT2D eigenvalue weighted by Gasteiger charge is -2.30. The number of carbonyl (C=O) groups excluding carboxylic acids is 3. The van der Waals surface area contributed by atoms with Gasteiger partial charge in [-0.2, -0.15) is 16.4 Å². The normalized spacial score (nSPS) is 26.1. The lowest BCUT2D eigenvalue weighted by molar-refractivity contribution is -0.145. The number of nitrogens with zero attached hydrogens (tertiary/aromatic N) is 5. The summed E-state index contributed by atoms with van der Waals surface area (Å²) in [4.78, 5) is 78.7. The molecule has 3 aliphatic rings. The van der Waals surface area contributed by atoms with Crippen molar-refractivity contribution in [1.82, 2.24) is 35.3 Å². The molecule has 16 heteroatoms. The van der Waals surface area contributed by atoms with E-state index in [2.05, 4.69) is 25.7 Å². The van der Waals surface area contributed by atoms with Gasteiger partial charge in [0.1, 0.15) is 23.2 Å². The van der Waals surface area contributed by atoms with Crippen LogP contribution < -0.4 is 16.2 Å². The molecule has 0 bridgehead atoms. The topological polar surface area (TPSA) is 186 Å². The molecule has 5 atom stereocenters. The maximum absolute atomic E-state index is 14.4. The molecule has 2 aliphatic heterocycles. The van der Waals surface area contributed by atoms with E-state index in [0.29, 0.717) is 34.0 Å². The zero-order valence-electron chi connectivity index (χ0n) is 28.6. The minimum Gasteiger partial charge on any atom is -0.479 e. The number of fused-ring (bicyclic) bond motifs is 2. The van der Waals surface area contributed by atoms with E-state index in [1.165, 1.54) is 32.7 Å². The number of thiophene rings is 1. The number of carbonyl (C=O) groups is 4. The Morgan fingerprint density at radius 2 is 1.94 bits per heavy atom. The molecule has 3 aromatic rings. The predicted octanol–water partition coefficient (Wildman–Crippen LogP) is 4.43. The third-order valence-electron chi connectivity index (χ3n) is 9.20. The second kappa shape index (κ2) is 15.0. The van der Waals surface area contributed by atoms with E-state index >= 15 is 0 Å². The molecular formula is C35H41N7O7S2. The quantitative estimate of drug-likeness (QED) is 0.240. The Hall–Kier alpha value is -4.57. The number of carboxylic acids is 1. The summed E-state index contributed by atoms with van der Waals surface area (Å²) < 4.78 is 6.77. The highest BCUT2D eigenvalue weighted by molar-refractivity contribution is 7.99. The van der Waals surface area contributed by atoms with Crippen molar-refractivity contribution in [1.29, 1.82) is 0 Å². The molecule has 0 aromatic carbocycles. The molecular weight excluding hydrogens is 695 g/mol. The number of alkyl carbamates (subject to hydrolysis) is 1. The number of nitrogens with one attached hydrogen (secondary N) is 2. The molecule has 0 unspecified atom stereocenters. The van der Waals surface area contributed by atoms with Crippen LogP contribution in [0.15, 0.2) is 68.5 Å². The molecule has 0 spiro atoms. The van der Waals surface area contributed by atoms with Crippen LogP contribution in [0.1, 0.15) is 71.8 Å².